The first-order valence-electron chi connectivity index (χ1n) is 10.1. The molecule has 6 nitrogen and oxygen atoms in total. The number of rotatable bonds is 7. The first kappa shape index (κ1) is 22.2. The Morgan fingerprint density at radius 2 is 1.91 bits per heavy atom. The van der Waals surface area contributed by atoms with Gasteiger partial charge in [0.25, 0.3) is 5.91 Å². The molecule has 2 aliphatic rings. The number of nitrogens with zero attached hydrogens (tertiary/aromatic N) is 2. The molecule has 2 heterocycles. The number of hydrogen-bond donors (Lipinski definition) is 1. The number of aliphatic imine (C=N–C) groups is 1. The van der Waals surface area contributed by atoms with E-state index in [1.54, 1.807) is 40.8 Å². The zero-order valence-corrected chi connectivity index (χ0v) is 19.2. The third-order valence-corrected chi connectivity index (χ3v) is 5.99. The highest BCUT2D eigenvalue weighted by Gasteiger charge is 2.31. The summed E-state index contributed by atoms with van der Waals surface area (Å²) in [5.74, 6) is 1.46. The summed E-state index contributed by atoms with van der Waals surface area (Å²) < 4.78 is 11.5. The third kappa shape index (κ3) is 4.89. The van der Waals surface area contributed by atoms with Crippen molar-refractivity contribution in [1.82, 2.24) is 4.90 Å². The number of halogens is 1. The van der Waals surface area contributed by atoms with Crippen LogP contribution in [0.15, 0.2) is 64.6 Å². The fourth-order valence-corrected chi connectivity index (χ4v) is 4.13. The van der Waals surface area contributed by atoms with E-state index in [-0.39, 0.29) is 11.4 Å². The first-order chi connectivity index (χ1) is 15.4. The highest BCUT2D eigenvalue weighted by molar-refractivity contribution is 8.16. The van der Waals surface area contributed by atoms with Gasteiger partial charge in [0.2, 0.25) is 0 Å². The van der Waals surface area contributed by atoms with Gasteiger partial charge < -0.3 is 9.47 Å². The minimum atomic E-state index is -0.438. The van der Waals surface area contributed by atoms with Crippen LogP contribution in [0.5, 0.6) is 11.5 Å². The number of nitrogens with one attached hydrogen (secondary N) is 1. The molecule has 1 amide bonds. The van der Waals surface area contributed by atoms with Gasteiger partial charge in [0, 0.05) is 6.20 Å². The maximum atomic E-state index is 12.3. The fourth-order valence-electron chi connectivity index (χ4n) is 3.18. The van der Waals surface area contributed by atoms with Gasteiger partial charge in [0.05, 0.1) is 10.6 Å². The Balaban J connectivity index is 1.35. The largest absolute Gasteiger partial charge is 0.490 e. The summed E-state index contributed by atoms with van der Waals surface area (Å²) in [6.45, 7) is 5.03. The number of benzene rings is 2. The number of carbonyl (C=O) groups excluding carboxylic acids is 1. The summed E-state index contributed by atoms with van der Waals surface area (Å²) >= 11 is 7.68. The van der Waals surface area contributed by atoms with E-state index in [1.165, 1.54) is 17.3 Å². The van der Waals surface area contributed by atoms with E-state index in [0.717, 1.165) is 5.75 Å². The first-order valence-corrected chi connectivity index (χ1v) is 11.4. The second-order valence-electron chi connectivity index (χ2n) is 7.49. The van der Waals surface area contributed by atoms with Gasteiger partial charge in [-0.3, -0.25) is 15.1 Å². The van der Waals surface area contributed by atoms with Crippen molar-refractivity contribution in [2.75, 3.05) is 13.2 Å². The van der Waals surface area contributed by atoms with Gasteiger partial charge in [0.15, 0.2) is 5.17 Å². The van der Waals surface area contributed by atoms with Crippen LogP contribution in [0.4, 0.5) is 0 Å². The van der Waals surface area contributed by atoms with Gasteiger partial charge in [-0.25, -0.2) is 0 Å². The Bertz CT molecular complexity index is 1140. The zero-order chi connectivity index (χ0) is 22.7. The summed E-state index contributed by atoms with van der Waals surface area (Å²) in [6, 6.07) is 13.3. The highest BCUT2D eigenvalue weighted by atomic mass is 35.5. The molecule has 2 aliphatic heterocycles. The van der Waals surface area contributed by atoms with E-state index >= 15 is 0 Å². The average Bonchev–Trinajstić information content (AvgIpc) is 3.24. The lowest BCUT2D eigenvalue weighted by Gasteiger charge is -2.22. The third-order valence-electron chi connectivity index (χ3n) is 4.94. The maximum Gasteiger partial charge on any atom is 0.283 e. The second-order valence-corrected chi connectivity index (χ2v) is 8.77. The summed E-state index contributed by atoms with van der Waals surface area (Å²) in [4.78, 5) is 17.9. The fraction of sp³-hybridized carbons (Fsp3) is 0.208. The predicted molar refractivity (Wildman–Crippen MR) is 130 cm³/mol. The quantitative estimate of drug-likeness (QED) is 0.417. The van der Waals surface area contributed by atoms with Crippen molar-refractivity contribution in [2.24, 2.45) is 4.99 Å². The number of ether oxygens (including phenoxy) is 2. The molecule has 164 valence electrons. The lowest BCUT2D eigenvalue weighted by atomic mass is 10.0. The van der Waals surface area contributed by atoms with Gasteiger partial charge in [-0.05, 0) is 52.8 Å². The van der Waals surface area contributed by atoms with Crippen molar-refractivity contribution in [3.63, 3.8) is 0 Å². The molecule has 32 heavy (non-hydrogen) atoms. The summed E-state index contributed by atoms with van der Waals surface area (Å²) in [5, 5.41) is 11.0. The van der Waals surface area contributed by atoms with E-state index in [1.807, 2.05) is 12.1 Å². The monoisotopic (exact) mass is 467 g/mol. The topological polar surface area (TPSA) is 75.0 Å². The van der Waals surface area contributed by atoms with Gasteiger partial charge in [-0.2, -0.15) is 4.99 Å². The van der Waals surface area contributed by atoms with Gasteiger partial charge >= 0.3 is 0 Å². The molecule has 0 aromatic heterocycles. The average molecular weight is 468 g/mol. The molecule has 0 radical (unpaired) electrons. The van der Waals surface area contributed by atoms with E-state index in [9.17, 15) is 4.79 Å². The smallest absolute Gasteiger partial charge is 0.283 e. The molecule has 0 saturated heterocycles. The van der Waals surface area contributed by atoms with Crippen molar-refractivity contribution in [3.8, 4) is 11.5 Å². The Labute approximate surface area is 196 Å². The molecule has 2 aromatic carbocycles. The Kier molecular flexibility index (Phi) is 6.67. The minimum absolute atomic E-state index is 0.0938. The lowest BCUT2D eigenvalue weighted by Crippen LogP contribution is -2.35. The molecule has 2 aromatic rings. The highest BCUT2D eigenvalue weighted by Crippen LogP contribution is 2.30. The molecule has 4 rings (SSSR count). The van der Waals surface area contributed by atoms with Crippen molar-refractivity contribution < 1.29 is 14.3 Å². The van der Waals surface area contributed by atoms with E-state index < -0.39 is 5.91 Å². The molecule has 0 spiro atoms. The molecule has 0 unspecified atom stereocenters. The number of amidine groups is 2. The van der Waals surface area contributed by atoms with Crippen molar-refractivity contribution >= 4 is 46.3 Å². The maximum absolute atomic E-state index is 12.3. The summed E-state index contributed by atoms with van der Waals surface area (Å²) in [5.41, 5.74) is 2.16. The molecule has 0 atom stereocenters. The van der Waals surface area contributed by atoms with Crippen molar-refractivity contribution in [1.29, 1.82) is 5.41 Å². The molecule has 0 aliphatic carbocycles. The van der Waals surface area contributed by atoms with Crippen molar-refractivity contribution in [3.05, 3.63) is 75.8 Å². The van der Waals surface area contributed by atoms with Gasteiger partial charge in [-0.15, -0.1) is 0 Å². The van der Waals surface area contributed by atoms with Crippen LogP contribution in [0.3, 0.4) is 0 Å². The SMILES string of the molecule is CC(C)c1ccc(OCCOc2ccc(/C=C3/C(=N)N4C=CSC4=NC3=O)cc2Cl)cc1. The molecular weight excluding hydrogens is 446 g/mol. The number of thioether (sulfide) groups is 1. The predicted octanol–water partition coefficient (Wildman–Crippen LogP) is 5.70. The van der Waals surface area contributed by atoms with Gasteiger partial charge in [0.1, 0.15) is 30.5 Å². The minimum Gasteiger partial charge on any atom is -0.490 e. The number of amides is 1. The molecule has 1 N–H and O–H groups in total. The van der Waals surface area contributed by atoms with Crippen LogP contribution in [0.25, 0.3) is 6.08 Å². The number of carbonyl (C=O) groups is 1. The Hall–Kier alpha value is -3.03. The molecular formula is C24H22ClN3O3S. The zero-order valence-electron chi connectivity index (χ0n) is 17.7. The van der Waals surface area contributed by atoms with E-state index in [0.29, 0.717) is 40.6 Å². The van der Waals surface area contributed by atoms with Crippen LogP contribution in [0.1, 0.15) is 30.9 Å². The summed E-state index contributed by atoms with van der Waals surface area (Å²) in [7, 11) is 0. The number of hydrogen-bond acceptors (Lipinski definition) is 5. The Morgan fingerprint density at radius 1 is 1.16 bits per heavy atom. The van der Waals surface area contributed by atoms with Crippen LogP contribution in [0.2, 0.25) is 5.02 Å². The van der Waals surface area contributed by atoms with Crippen molar-refractivity contribution in [2.45, 2.75) is 19.8 Å². The second kappa shape index (κ2) is 9.63. The lowest BCUT2D eigenvalue weighted by molar-refractivity contribution is -0.114. The summed E-state index contributed by atoms with van der Waals surface area (Å²) in [6.07, 6.45) is 3.33. The molecule has 0 bridgehead atoms. The normalized spacial score (nSPS) is 16.6. The van der Waals surface area contributed by atoms with Crippen LogP contribution in [-0.2, 0) is 4.79 Å². The van der Waals surface area contributed by atoms with Crippen LogP contribution < -0.4 is 9.47 Å². The molecule has 0 fully saturated rings. The van der Waals surface area contributed by atoms with Crippen LogP contribution in [0, 0.1) is 5.41 Å². The molecule has 0 saturated carbocycles. The van der Waals surface area contributed by atoms with E-state index in [4.69, 9.17) is 26.5 Å². The standard InChI is InChI=1S/C24H22ClN3O3S/c1-15(2)17-4-6-18(7-5-17)30-10-11-31-21-8-3-16(14-20(21)25)13-19-22(26)28-9-12-32-24(28)27-23(19)29/h3-9,12-15,26H,10-11H2,1-2H3/b19-13-,26-22?. The molecule has 8 heteroatoms. The van der Waals surface area contributed by atoms with E-state index in [2.05, 4.69) is 31.0 Å². The Morgan fingerprint density at radius 3 is 2.62 bits per heavy atom. The van der Waals surface area contributed by atoms with Crippen LogP contribution >= 0.6 is 23.4 Å². The number of fused-ring (bicyclic) bond motifs is 1. The van der Waals surface area contributed by atoms with Gasteiger partial charge in [-0.1, -0.05) is 55.4 Å². The van der Waals surface area contributed by atoms with Crippen LogP contribution in [-0.4, -0.2) is 35.0 Å².